The molecule has 11 heteroatoms. The molecule has 1 heterocycles. The highest BCUT2D eigenvalue weighted by atomic mass is 35.5. The van der Waals surface area contributed by atoms with Crippen LogP contribution < -0.4 is 14.8 Å². The van der Waals surface area contributed by atoms with Gasteiger partial charge in [0.15, 0.2) is 0 Å². The van der Waals surface area contributed by atoms with Crippen molar-refractivity contribution in [2.45, 2.75) is 4.34 Å². The van der Waals surface area contributed by atoms with E-state index < -0.39 is 15.9 Å². The molecule has 28 heavy (non-hydrogen) atoms. The zero-order valence-corrected chi connectivity index (χ0v) is 16.7. The number of carbonyl (C=O) groups is 1. The number of nitrogens with zero attached hydrogens (tertiary/aromatic N) is 2. The van der Waals surface area contributed by atoms with Gasteiger partial charge >= 0.3 is 0 Å². The van der Waals surface area contributed by atoms with E-state index in [0.29, 0.717) is 5.75 Å². The van der Waals surface area contributed by atoms with Crippen LogP contribution in [0.25, 0.3) is 0 Å². The van der Waals surface area contributed by atoms with Gasteiger partial charge in [0.2, 0.25) is 9.47 Å². The van der Waals surface area contributed by atoms with Gasteiger partial charge in [-0.05, 0) is 24.3 Å². The highest BCUT2D eigenvalue weighted by Crippen LogP contribution is 2.22. The fraction of sp³-hybridized carbons (Fsp3) is 0.118. The Kier molecular flexibility index (Phi) is 6.57. The van der Waals surface area contributed by atoms with Crippen LogP contribution in [0.4, 0.5) is 5.13 Å². The molecule has 0 atom stereocenters. The Bertz CT molecular complexity index is 1060. The van der Waals surface area contributed by atoms with Crippen molar-refractivity contribution in [1.29, 1.82) is 0 Å². The lowest BCUT2D eigenvalue weighted by Gasteiger charge is -2.06. The molecular weight excluding hydrogens is 424 g/mol. The molecule has 146 valence electrons. The van der Waals surface area contributed by atoms with Crippen LogP contribution in [0, 0.1) is 0 Å². The van der Waals surface area contributed by atoms with Crippen LogP contribution in [0.5, 0.6) is 5.75 Å². The molecule has 0 unspecified atom stereocenters. The van der Waals surface area contributed by atoms with Crippen molar-refractivity contribution in [3.8, 4) is 5.75 Å². The number of nitrogens with one attached hydrogen (secondary N) is 2. The summed E-state index contributed by atoms with van der Waals surface area (Å²) < 4.78 is 32.1. The number of para-hydroxylation sites is 1. The number of benzene rings is 2. The van der Waals surface area contributed by atoms with Crippen LogP contribution in [0.2, 0.25) is 5.02 Å². The van der Waals surface area contributed by atoms with Gasteiger partial charge < -0.3 is 4.74 Å². The normalized spacial score (nSPS) is 11.2. The molecule has 3 rings (SSSR count). The lowest BCUT2D eigenvalue weighted by atomic mass is 10.2. The first-order valence-electron chi connectivity index (χ1n) is 8.02. The van der Waals surface area contributed by atoms with Crippen LogP contribution in [0.15, 0.2) is 58.9 Å². The van der Waals surface area contributed by atoms with E-state index >= 15 is 0 Å². The van der Waals surface area contributed by atoms with Crippen molar-refractivity contribution in [1.82, 2.24) is 14.9 Å². The Hall–Kier alpha value is -2.53. The minimum Gasteiger partial charge on any atom is -0.492 e. The molecular formula is C17H15ClN4O4S2. The van der Waals surface area contributed by atoms with Crippen LogP contribution in [0.1, 0.15) is 10.4 Å². The molecule has 2 aromatic carbocycles. The number of rotatable bonds is 8. The number of anilines is 1. The van der Waals surface area contributed by atoms with E-state index in [-0.39, 0.29) is 33.2 Å². The van der Waals surface area contributed by atoms with Gasteiger partial charge in [-0.1, -0.05) is 53.3 Å². The minimum atomic E-state index is -3.86. The van der Waals surface area contributed by atoms with Crippen molar-refractivity contribution in [3.05, 3.63) is 65.2 Å². The molecule has 1 aromatic heterocycles. The lowest BCUT2D eigenvalue weighted by molar-refractivity contribution is 0.102. The number of carbonyl (C=O) groups excluding carboxylic acids is 1. The summed E-state index contributed by atoms with van der Waals surface area (Å²) in [6.45, 7) is 0.205. The average Bonchev–Trinajstić information content (AvgIpc) is 3.16. The molecule has 0 aliphatic rings. The first-order chi connectivity index (χ1) is 13.5. The summed E-state index contributed by atoms with van der Waals surface area (Å²) in [5.74, 6) is 0.136. The maximum Gasteiger partial charge on any atom is 0.269 e. The van der Waals surface area contributed by atoms with E-state index in [4.69, 9.17) is 16.3 Å². The molecule has 0 aliphatic heterocycles. The molecule has 0 radical (unpaired) electrons. The SMILES string of the molecule is O=C(Nc1nnc(S(=O)(=O)NCCOc2ccccc2)s1)c1ccccc1Cl. The number of ether oxygens (including phenoxy) is 1. The molecule has 0 spiro atoms. The topological polar surface area (TPSA) is 110 Å². The third-order valence-corrected chi connectivity index (χ3v) is 6.38. The monoisotopic (exact) mass is 438 g/mol. The number of aromatic nitrogens is 2. The Labute approximate surface area is 170 Å². The van der Waals surface area contributed by atoms with Crippen molar-refractivity contribution in [2.24, 2.45) is 0 Å². The number of halogens is 1. The van der Waals surface area contributed by atoms with E-state index in [2.05, 4.69) is 20.2 Å². The van der Waals surface area contributed by atoms with Gasteiger partial charge in [-0.15, -0.1) is 10.2 Å². The first kappa shape index (κ1) is 20.2. The summed E-state index contributed by atoms with van der Waals surface area (Å²) in [6.07, 6.45) is 0. The number of amides is 1. The molecule has 8 nitrogen and oxygen atoms in total. The van der Waals surface area contributed by atoms with Gasteiger partial charge in [0, 0.05) is 6.54 Å². The summed E-state index contributed by atoms with van der Waals surface area (Å²) in [7, 11) is -3.86. The minimum absolute atomic E-state index is 0.0471. The lowest BCUT2D eigenvalue weighted by Crippen LogP contribution is -2.28. The van der Waals surface area contributed by atoms with Crippen LogP contribution in [-0.2, 0) is 10.0 Å². The zero-order chi connectivity index (χ0) is 20.0. The Morgan fingerprint density at radius 3 is 2.54 bits per heavy atom. The van der Waals surface area contributed by atoms with E-state index in [0.717, 1.165) is 11.3 Å². The Morgan fingerprint density at radius 2 is 1.79 bits per heavy atom. The van der Waals surface area contributed by atoms with E-state index in [1.807, 2.05) is 18.2 Å². The molecule has 2 N–H and O–H groups in total. The molecule has 0 fully saturated rings. The maximum atomic E-state index is 12.3. The average molecular weight is 439 g/mol. The standard InChI is InChI=1S/C17H15ClN4O4S2/c18-14-9-5-4-8-13(14)15(23)20-16-21-22-17(27-16)28(24,25)19-10-11-26-12-6-2-1-3-7-12/h1-9,19H,10-11H2,(H,20,21,23). The van der Waals surface area contributed by atoms with E-state index in [9.17, 15) is 13.2 Å². The number of sulfonamides is 1. The van der Waals surface area contributed by atoms with Crippen molar-refractivity contribution < 1.29 is 17.9 Å². The second-order valence-electron chi connectivity index (χ2n) is 5.37. The van der Waals surface area contributed by atoms with Crippen LogP contribution >= 0.6 is 22.9 Å². The van der Waals surface area contributed by atoms with Gasteiger partial charge in [0.05, 0.1) is 10.6 Å². The van der Waals surface area contributed by atoms with Crippen molar-refractivity contribution in [3.63, 3.8) is 0 Å². The summed E-state index contributed by atoms with van der Waals surface area (Å²) in [5.41, 5.74) is 0.250. The van der Waals surface area contributed by atoms with Gasteiger partial charge in [-0.2, -0.15) is 0 Å². The Balaban J connectivity index is 1.56. The van der Waals surface area contributed by atoms with Crippen molar-refractivity contribution >= 4 is 44.0 Å². The summed E-state index contributed by atoms with van der Waals surface area (Å²) >= 11 is 6.70. The Morgan fingerprint density at radius 1 is 1.07 bits per heavy atom. The molecule has 0 saturated heterocycles. The van der Waals surface area contributed by atoms with E-state index in [1.165, 1.54) is 0 Å². The highest BCUT2D eigenvalue weighted by Gasteiger charge is 2.21. The summed E-state index contributed by atoms with van der Waals surface area (Å²) in [5, 5.41) is 10.1. The largest absolute Gasteiger partial charge is 0.492 e. The molecule has 0 aliphatic carbocycles. The second-order valence-corrected chi connectivity index (χ2v) is 8.69. The molecule has 3 aromatic rings. The van der Waals surface area contributed by atoms with Crippen LogP contribution in [0.3, 0.4) is 0 Å². The molecule has 1 amide bonds. The van der Waals surface area contributed by atoms with Gasteiger partial charge in [0.25, 0.3) is 15.9 Å². The first-order valence-corrected chi connectivity index (χ1v) is 10.7. The quantitative estimate of drug-likeness (QED) is 0.413. The molecule has 0 saturated carbocycles. The van der Waals surface area contributed by atoms with Crippen molar-refractivity contribution in [2.75, 3.05) is 18.5 Å². The zero-order valence-electron chi connectivity index (χ0n) is 14.3. The predicted molar refractivity (Wildman–Crippen MR) is 106 cm³/mol. The number of hydrogen-bond donors (Lipinski definition) is 2. The van der Waals surface area contributed by atoms with Gasteiger partial charge in [-0.25, -0.2) is 13.1 Å². The van der Waals surface area contributed by atoms with E-state index in [1.54, 1.807) is 36.4 Å². The smallest absolute Gasteiger partial charge is 0.269 e. The third kappa shape index (κ3) is 5.26. The van der Waals surface area contributed by atoms with Gasteiger partial charge in [-0.3, -0.25) is 10.1 Å². The van der Waals surface area contributed by atoms with Gasteiger partial charge in [0.1, 0.15) is 12.4 Å². The second kappa shape index (κ2) is 9.11. The summed E-state index contributed by atoms with van der Waals surface area (Å²) in [6, 6.07) is 15.5. The maximum absolute atomic E-state index is 12.3. The third-order valence-electron chi connectivity index (χ3n) is 3.38. The molecule has 0 bridgehead atoms. The predicted octanol–water partition coefficient (Wildman–Crippen LogP) is 2.80. The number of hydrogen-bond acceptors (Lipinski definition) is 7. The summed E-state index contributed by atoms with van der Waals surface area (Å²) in [4.78, 5) is 12.2. The highest BCUT2D eigenvalue weighted by molar-refractivity contribution is 7.91. The fourth-order valence-corrected chi connectivity index (χ4v) is 4.27. The fourth-order valence-electron chi connectivity index (χ4n) is 2.10. The van der Waals surface area contributed by atoms with Crippen LogP contribution in [-0.4, -0.2) is 37.7 Å².